The third-order valence-electron chi connectivity index (χ3n) is 3.16. The first-order chi connectivity index (χ1) is 10.9. The van der Waals surface area contributed by atoms with Crippen LogP contribution in [-0.2, 0) is 9.53 Å². The van der Waals surface area contributed by atoms with Crippen molar-refractivity contribution in [2.75, 3.05) is 5.32 Å². The summed E-state index contributed by atoms with van der Waals surface area (Å²) in [6.07, 6.45) is -0.968. The molecule has 0 aliphatic rings. The van der Waals surface area contributed by atoms with E-state index in [1.807, 2.05) is 13.0 Å². The second-order valence-electron chi connectivity index (χ2n) is 5.05. The number of amides is 1. The first-order valence-electron chi connectivity index (χ1n) is 7.06. The van der Waals surface area contributed by atoms with Crippen LogP contribution in [0, 0.1) is 6.92 Å². The summed E-state index contributed by atoms with van der Waals surface area (Å²) in [5.41, 5.74) is 0.813. The zero-order chi connectivity index (χ0) is 17.0. The molecule has 120 valence electrons. The van der Waals surface area contributed by atoms with Gasteiger partial charge in [-0.15, -0.1) is 11.3 Å². The number of aryl methyl sites for hydroxylation is 1. The first kappa shape index (κ1) is 16.9. The Morgan fingerprint density at radius 1 is 1.13 bits per heavy atom. The second kappa shape index (κ2) is 7.19. The molecule has 0 saturated heterocycles. The zero-order valence-electron chi connectivity index (χ0n) is 13.1. The van der Waals surface area contributed by atoms with Crippen LogP contribution in [0.15, 0.2) is 36.4 Å². The number of ether oxygens (including phenoxy) is 1. The van der Waals surface area contributed by atoms with Crippen LogP contribution in [0.3, 0.4) is 0 Å². The molecule has 0 aliphatic heterocycles. The Labute approximate surface area is 138 Å². The van der Waals surface area contributed by atoms with Crippen LogP contribution in [0.1, 0.15) is 38.8 Å². The summed E-state index contributed by atoms with van der Waals surface area (Å²) >= 11 is 1.31. The molecule has 0 radical (unpaired) electrons. The number of carbonyl (C=O) groups excluding carboxylic acids is 3. The van der Waals surface area contributed by atoms with Gasteiger partial charge < -0.3 is 10.1 Å². The highest BCUT2D eigenvalue weighted by atomic mass is 32.1. The van der Waals surface area contributed by atoms with Gasteiger partial charge in [-0.2, -0.15) is 0 Å². The summed E-state index contributed by atoms with van der Waals surface area (Å²) in [7, 11) is 0. The average molecular weight is 331 g/mol. The Bertz CT molecular complexity index is 751. The average Bonchev–Trinajstić information content (AvgIpc) is 2.94. The molecule has 1 aromatic heterocycles. The van der Waals surface area contributed by atoms with E-state index in [4.69, 9.17) is 4.74 Å². The van der Waals surface area contributed by atoms with Gasteiger partial charge in [0.05, 0.1) is 5.69 Å². The Morgan fingerprint density at radius 2 is 1.83 bits per heavy atom. The van der Waals surface area contributed by atoms with Crippen molar-refractivity contribution in [2.45, 2.75) is 26.9 Å². The van der Waals surface area contributed by atoms with Crippen LogP contribution in [0.5, 0.6) is 0 Å². The molecule has 0 spiro atoms. The maximum absolute atomic E-state index is 12.2. The van der Waals surface area contributed by atoms with E-state index in [0.717, 1.165) is 4.88 Å². The van der Waals surface area contributed by atoms with Gasteiger partial charge in [0, 0.05) is 10.4 Å². The van der Waals surface area contributed by atoms with Gasteiger partial charge in [0.15, 0.2) is 11.9 Å². The normalized spacial score (nSPS) is 11.6. The largest absolute Gasteiger partial charge is 0.448 e. The Kier molecular flexibility index (Phi) is 5.28. The fourth-order valence-corrected chi connectivity index (χ4v) is 2.70. The van der Waals surface area contributed by atoms with E-state index in [-0.39, 0.29) is 5.78 Å². The topological polar surface area (TPSA) is 72.5 Å². The molecule has 2 aromatic rings. The summed E-state index contributed by atoms with van der Waals surface area (Å²) in [4.78, 5) is 37.1. The number of benzene rings is 1. The molecule has 1 heterocycles. The molecule has 0 fully saturated rings. The van der Waals surface area contributed by atoms with Crippen molar-refractivity contribution in [3.05, 3.63) is 51.7 Å². The zero-order valence-corrected chi connectivity index (χ0v) is 13.9. The molecular weight excluding hydrogens is 314 g/mol. The molecule has 0 saturated carbocycles. The van der Waals surface area contributed by atoms with Crippen molar-refractivity contribution in [1.29, 1.82) is 0 Å². The monoisotopic (exact) mass is 331 g/mol. The molecular formula is C17H17NO4S. The van der Waals surface area contributed by atoms with Gasteiger partial charge in [0.1, 0.15) is 4.88 Å². The van der Waals surface area contributed by atoms with Crippen molar-refractivity contribution in [3.63, 3.8) is 0 Å². The number of thiophene rings is 1. The first-order valence-corrected chi connectivity index (χ1v) is 7.88. The number of ketones is 1. The number of carbonyl (C=O) groups is 3. The highest BCUT2D eigenvalue weighted by Gasteiger charge is 2.21. The molecule has 1 amide bonds. The minimum atomic E-state index is -0.968. The molecule has 6 heteroatoms. The lowest BCUT2D eigenvalue weighted by atomic mass is 10.1. The number of hydrogen-bond donors (Lipinski definition) is 1. The number of anilines is 1. The molecule has 0 unspecified atom stereocenters. The lowest BCUT2D eigenvalue weighted by molar-refractivity contribution is -0.123. The number of hydrogen-bond acceptors (Lipinski definition) is 5. The second-order valence-corrected chi connectivity index (χ2v) is 6.34. The van der Waals surface area contributed by atoms with Gasteiger partial charge in [-0.25, -0.2) is 4.79 Å². The van der Waals surface area contributed by atoms with Gasteiger partial charge in [-0.3, -0.25) is 9.59 Å². The lowest BCUT2D eigenvalue weighted by Gasteiger charge is -2.14. The number of para-hydroxylation sites is 1. The fraction of sp³-hybridized carbons (Fsp3) is 0.235. The summed E-state index contributed by atoms with van der Waals surface area (Å²) in [5, 5.41) is 2.62. The standard InChI is InChI=1S/C17H17NO4S/c1-10-8-9-15(23-10)17(21)22-12(3)16(20)18-14-7-5-4-6-13(14)11(2)19/h4-9,12H,1-3H3,(H,18,20)/t12-/m0/s1. The van der Waals surface area contributed by atoms with E-state index in [9.17, 15) is 14.4 Å². The number of esters is 1. The van der Waals surface area contributed by atoms with E-state index in [1.54, 1.807) is 30.3 Å². The van der Waals surface area contributed by atoms with Crippen LogP contribution in [0.25, 0.3) is 0 Å². The molecule has 5 nitrogen and oxygen atoms in total. The van der Waals surface area contributed by atoms with Gasteiger partial charge in [0.2, 0.25) is 0 Å². The SMILES string of the molecule is CC(=O)c1ccccc1NC(=O)[C@H](C)OC(=O)c1ccc(C)s1. The van der Waals surface area contributed by atoms with Gasteiger partial charge >= 0.3 is 5.97 Å². The van der Waals surface area contributed by atoms with E-state index < -0.39 is 18.0 Å². The van der Waals surface area contributed by atoms with Gasteiger partial charge in [0.25, 0.3) is 5.91 Å². The lowest BCUT2D eigenvalue weighted by Crippen LogP contribution is -2.30. The Hall–Kier alpha value is -2.47. The third kappa shape index (κ3) is 4.26. The van der Waals surface area contributed by atoms with Crippen LogP contribution >= 0.6 is 11.3 Å². The van der Waals surface area contributed by atoms with E-state index >= 15 is 0 Å². The van der Waals surface area contributed by atoms with Gasteiger partial charge in [-0.05, 0) is 45.0 Å². The van der Waals surface area contributed by atoms with Crippen molar-refractivity contribution in [3.8, 4) is 0 Å². The summed E-state index contributed by atoms with van der Waals surface area (Å²) in [5.74, 6) is -1.18. The molecule has 23 heavy (non-hydrogen) atoms. The minimum absolute atomic E-state index is 0.153. The van der Waals surface area contributed by atoms with Gasteiger partial charge in [-0.1, -0.05) is 12.1 Å². The predicted octanol–water partition coefficient (Wildman–Crippen LogP) is 3.44. The highest BCUT2D eigenvalue weighted by molar-refractivity contribution is 7.13. The number of nitrogens with one attached hydrogen (secondary N) is 1. The molecule has 1 aromatic carbocycles. The third-order valence-corrected chi connectivity index (χ3v) is 4.14. The van der Waals surface area contributed by atoms with Crippen molar-refractivity contribution >= 4 is 34.7 Å². The molecule has 0 aliphatic carbocycles. The minimum Gasteiger partial charge on any atom is -0.448 e. The molecule has 1 atom stereocenters. The van der Waals surface area contributed by atoms with Crippen LogP contribution in [-0.4, -0.2) is 23.8 Å². The number of rotatable bonds is 5. The Morgan fingerprint density at radius 3 is 2.43 bits per heavy atom. The molecule has 0 bridgehead atoms. The maximum atomic E-state index is 12.2. The fourth-order valence-electron chi connectivity index (χ4n) is 1.95. The smallest absolute Gasteiger partial charge is 0.349 e. The van der Waals surface area contributed by atoms with Crippen LogP contribution in [0.2, 0.25) is 0 Å². The van der Waals surface area contributed by atoms with Crippen molar-refractivity contribution in [2.24, 2.45) is 0 Å². The predicted molar refractivity (Wildman–Crippen MR) is 89.0 cm³/mol. The van der Waals surface area contributed by atoms with Crippen molar-refractivity contribution in [1.82, 2.24) is 0 Å². The molecule has 2 rings (SSSR count). The van der Waals surface area contributed by atoms with E-state index in [2.05, 4.69) is 5.32 Å². The quantitative estimate of drug-likeness (QED) is 0.673. The summed E-state index contributed by atoms with van der Waals surface area (Å²) < 4.78 is 5.16. The molecule has 1 N–H and O–H groups in total. The van der Waals surface area contributed by atoms with Crippen molar-refractivity contribution < 1.29 is 19.1 Å². The highest BCUT2D eigenvalue weighted by Crippen LogP contribution is 2.18. The summed E-state index contributed by atoms with van der Waals surface area (Å²) in [6.45, 7) is 4.80. The number of Topliss-reactive ketones (excluding diaryl/α,β-unsaturated/α-hetero) is 1. The summed E-state index contributed by atoms with van der Waals surface area (Å²) in [6, 6.07) is 10.2. The van der Waals surface area contributed by atoms with Crippen LogP contribution < -0.4 is 5.32 Å². The maximum Gasteiger partial charge on any atom is 0.349 e. The van der Waals surface area contributed by atoms with E-state index in [1.165, 1.54) is 25.2 Å². The Balaban J connectivity index is 2.03. The van der Waals surface area contributed by atoms with Crippen LogP contribution in [0.4, 0.5) is 5.69 Å². The van der Waals surface area contributed by atoms with E-state index in [0.29, 0.717) is 16.1 Å².